The van der Waals surface area contributed by atoms with E-state index in [2.05, 4.69) is 17.1 Å². The lowest BCUT2D eigenvalue weighted by Crippen LogP contribution is -2.43. The van der Waals surface area contributed by atoms with Gasteiger partial charge in [-0.25, -0.2) is 0 Å². The number of rotatable bonds is 5. The first-order chi connectivity index (χ1) is 12.2. The lowest BCUT2D eigenvalue weighted by molar-refractivity contribution is -0.134. The summed E-state index contributed by atoms with van der Waals surface area (Å²) in [5, 5.41) is 8.07. The van der Waals surface area contributed by atoms with Crippen LogP contribution in [-0.2, 0) is 4.79 Å². The second-order valence-corrected chi connectivity index (χ2v) is 6.53. The van der Waals surface area contributed by atoms with Crippen molar-refractivity contribution < 1.29 is 9.53 Å². The van der Waals surface area contributed by atoms with Gasteiger partial charge in [0.15, 0.2) is 0 Å². The minimum absolute atomic E-state index is 0.0540. The van der Waals surface area contributed by atoms with E-state index in [1.54, 1.807) is 0 Å². The van der Waals surface area contributed by atoms with Crippen LogP contribution in [-0.4, -0.2) is 40.2 Å². The molecule has 1 aromatic carbocycles. The maximum Gasteiger partial charge on any atom is 0.233 e. The van der Waals surface area contributed by atoms with Gasteiger partial charge in [-0.1, -0.05) is 37.3 Å². The van der Waals surface area contributed by atoms with Crippen LogP contribution in [0.3, 0.4) is 0 Å². The van der Waals surface area contributed by atoms with Crippen molar-refractivity contribution in [2.75, 3.05) is 13.1 Å². The van der Waals surface area contributed by atoms with E-state index >= 15 is 0 Å². The van der Waals surface area contributed by atoms with Crippen molar-refractivity contribution in [1.29, 1.82) is 0 Å². The summed E-state index contributed by atoms with van der Waals surface area (Å²) in [5.74, 6) is 0.731. The highest BCUT2D eigenvalue weighted by Gasteiger charge is 2.29. The number of hydrogen-bond donors (Lipinski definition) is 0. The highest BCUT2D eigenvalue weighted by molar-refractivity contribution is 5.83. The molecule has 5 nitrogen and oxygen atoms in total. The second-order valence-electron chi connectivity index (χ2n) is 6.53. The quantitative estimate of drug-likeness (QED) is 0.838. The molecule has 1 amide bonds. The van der Waals surface area contributed by atoms with Crippen LogP contribution in [0.15, 0.2) is 42.5 Å². The Morgan fingerprint density at radius 3 is 2.48 bits per heavy atom. The number of benzene rings is 1. The predicted octanol–water partition coefficient (Wildman–Crippen LogP) is 3.35. The molecule has 0 saturated carbocycles. The van der Waals surface area contributed by atoms with Gasteiger partial charge in [0.1, 0.15) is 6.10 Å². The van der Waals surface area contributed by atoms with Gasteiger partial charge in [0.25, 0.3) is 0 Å². The van der Waals surface area contributed by atoms with Gasteiger partial charge in [0, 0.05) is 32.0 Å². The standard InChI is InChI=1S/C20H25N3O2/c1-3-18(16-7-5-4-6-8-16)20(24)23-13-11-17(12-14-23)25-19-10-9-15(2)21-22-19/h4-10,17-18H,3,11-14H2,1-2H3/t18-/m1/s1. The van der Waals surface area contributed by atoms with Crippen molar-refractivity contribution >= 4 is 5.91 Å². The molecule has 1 fully saturated rings. The molecule has 0 N–H and O–H groups in total. The molecule has 0 radical (unpaired) electrons. The van der Waals surface area contributed by atoms with Crippen molar-refractivity contribution in [2.24, 2.45) is 0 Å². The first kappa shape index (κ1) is 17.4. The van der Waals surface area contributed by atoms with E-state index in [4.69, 9.17) is 4.74 Å². The highest BCUT2D eigenvalue weighted by atomic mass is 16.5. The average molecular weight is 339 g/mol. The van der Waals surface area contributed by atoms with Crippen LogP contribution < -0.4 is 4.74 Å². The molecule has 0 aliphatic carbocycles. The molecule has 0 unspecified atom stereocenters. The summed E-state index contributed by atoms with van der Waals surface area (Å²) in [6.45, 7) is 5.43. The van der Waals surface area contributed by atoms with E-state index in [1.165, 1.54) is 0 Å². The number of nitrogens with zero attached hydrogens (tertiary/aromatic N) is 3. The van der Waals surface area contributed by atoms with Crippen LogP contribution in [0.2, 0.25) is 0 Å². The maximum atomic E-state index is 12.9. The largest absolute Gasteiger partial charge is 0.473 e. The van der Waals surface area contributed by atoms with E-state index in [0.29, 0.717) is 5.88 Å². The fourth-order valence-corrected chi connectivity index (χ4v) is 3.27. The predicted molar refractivity (Wildman–Crippen MR) is 96.5 cm³/mol. The van der Waals surface area contributed by atoms with Crippen LogP contribution in [0, 0.1) is 6.92 Å². The van der Waals surface area contributed by atoms with Gasteiger partial charge in [0.2, 0.25) is 11.8 Å². The summed E-state index contributed by atoms with van der Waals surface area (Å²) in [6, 6.07) is 13.8. The van der Waals surface area contributed by atoms with Gasteiger partial charge in [-0.05, 0) is 25.0 Å². The number of carbonyl (C=O) groups excluding carboxylic acids is 1. The summed E-state index contributed by atoms with van der Waals surface area (Å²) in [4.78, 5) is 14.9. The lowest BCUT2D eigenvalue weighted by atomic mass is 9.94. The average Bonchev–Trinajstić information content (AvgIpc) is 2.66. The smallest absolute Gasteiger partial charge is 0.233 e. The SMILES string of the molecule is CC[C@@H](C(=O)N1CCC(Oc2ccc(C)nn2)CC1)c1ccccc1. The van der Waals surface area contributed by atoms with E-state index in [1.807, 2.05) is 54.3 Å². The van der Waals surface area contributed by atoms with E-state index in [-0.39, 0.29) is 17.9 Å². The van der Waals surface area contributed by atoms with Crippen LogP contribution >= 0.6 is 0 Å². The Hall–Kier alpha value is -2.43. The zero-order chi connectivity index (χ0) is 17.6. The van der Waals surface area contributed by atoms with Crippen LogP contribution in [0.4, 0.5) is 0 Å². The number of aromatic nitrogens is 2. The lowest BCUT2D eigenvalue weighted by Gasteiger charge is -2.34. The zero-order valence-corrected chi connectivity index (χ0v) is 14.9. The molecule has 1 aliphatic heterocycles. The third-order valence-electron chi connectivity index (χ3n) is 4.72. The second kappa shape index (κ2) is 8.10. The highest BCUT2D eigenvalue weighted by Crippen LogP contribution is 2.25. The van der Waals surface area contributed by atoms with Crippen LogP contribution in [0.1, 0.15) is 43.4 Å². The minimum Gasteiger partial charge on any atom is -0.473 e. The Balaban J connectivity index is 1.56. The van der Waals surface area contributed by atoms with E-state index in [9.17, 15) is 4.79 Å². The van der Waals surface area contributed by atoms with Crippen molar-refractivity contribution in [1.82, 2.24) is 15.1 Å². The van der Waals surface area contributed by atoms with Gasteiger partial charge in [-0.3, -0.25) is 4.79 Å². The summed E-state index contributed by atoms with van der Waals surface area (Å²) in [6.07, 6.45) is 2.56. The van der Waals surface area contributed by atoms with Crippen LogP contribution in [0.5, 0.6) is 5.88 Å². The Morgan fingerprint density at radius 1 is 1.16 bits per heavy atom. The summed E-state index contributed by atoms with van der Waals surface area (Å²) >= 11 is 0. The number of amides is 1. The first-order valence-electron chi connectivity index (χ1n) is 8.98. The van der Waals surface area contributed by atoms with Crippen molar-refractivity contribution in [3.63, 3.8) is 0 Å². The zero-order valence-electron chi connectivity index (χ0n) is 14.9. The fourth-order valence-electron chi connectivity index (χ4n) is 3.27. The van der Waals surface area contributed by atoms with E-state index in [0.717, 1.165) is 43.6 Å². The number of carbonyl (C=O) groups is 1. The Labute approximate surface area is 149 Å². The Bertz CT molecular complexity index is 680. The number of aryl methyl sites for hydroxylation is 1. The molecular weight excluding hydrogens is 314 g/mol. The first-order valence-corrected chi connectivity index (χ1v) is 8.98. The molecule has 0 bridgehead atoms. The molecule has 1 saturated heterocycles. The molecule has 2 aromatic rings. The molecule has 1 atom stereocenters. The van der Waals surface area contributed by atoms with Gasteiger partial charge >= 0.3 is 0 Å². The number of piperidine rings is 1. The summed E-state index contributed by atoms with van der Waals surface area (Å²) in [5.41, 5.74) is 1.97. The van der Waals surface area contributed by atoms with Crippen molar-refractivity contribution in [3.05, 3.63) is 53.7 Å². The molecule has 1 aromatic heterocycles. The summed E-state index contributed by atoms with van der Waals surface area (Å²) in [7, 11) is 0. The van der Waals surface area contributed by atoms with Crippen LogP contribution in [0.25, 0.3) is 0 Å². The third kappa shape index (κ3) is 4.35. The van der Waals surface area contributed by atoms with Crippen molar-refractivity contribution in [3.8, 4) is 5.88 Å². The van der Waals surface area contributed by atoms with Gasteiger partial charge < -0.3 is 9.64 Å². The molecule has 0 spiro atoms. The Kier molecular flexibility index (Phi) is 5.64. The van der Waals surface area contributed by atoms with Gasteiger partial charge in [-0.15, -0.1) is 5.10 Å². The molecule has 1 aliphatic rings. The molecule has 25 heavy (non-hydrogen) atoms. The molecule has 5 heteroatoms. The summed E-state index contributed by atoms with van der Waals surface area (Å²) < 4.78 is 5.90. The maximum absolute atomic E-state index is 12.9. The molecular formula is C20H25N3O2. The molecule has 2 heterocycles. The number of likely N-dealkylation sites (tertiary alicyclic amines) is 1. The van der Waals surface area contributed by atoms with Crippen molar-refractivity contribution in [2.45, 2.75) is 45.1 Å². The number of ether oxygens (including phenoxy) is 1. The normalized spacial score (nSPS) is 16.5. The topological polar surface area (TPSA) is 55.3 Å². The van der Waals surface area contributed by atoms with Gasteiger partial charge in [0.05, 0.1) is 11.6 Å². The molecule has 132 valence electrons. The van der Waals surface area contributed by atoms with E-state index < -0.39 is 0 Å². The third-order valence-corrected chi connectivity index (χ3v) is 4.72. The monoisotopic (exact) mass is 339 g/mol. The number of hydrogen-bond acceptors (Lipinski definition) is 4. The minimum atomic E-state index is -0.0540. The molecule has 3 rings (SSSR count). The van der Waals surface area contributed by atoms with Gasteiger partial charge in [-0.2, -0.15) is 5.10 Å². The fraction of sp³-hybridized carbons (Fsp3) is 0.450. The Morgan fingerprint density at radius 2 is 1.88 bits per heavy atom.